The summed E-state index contributed by atoms with van der Waals surface area (Å²) in [6.07, 6.45) is 1.70. The van der Waals surface area contributed by atoms with Crippen molar-refractivity contribution in [2.24, 2.45) is 5.10 Å². The van der Waals surface area contributed by atoms with E-state index < -0.39 is 0 Å². The van der Waals surface area contributed by atoms with Crippen molar-refractivity contribution in [2.75, 3.05) is 21.3 Å². The van der Waals surface area contributed by atoms with Crippen molar-refractivity contribution in [2.45, 2.75) is 20.0 Å². The van der Waals surface area contributed by atoms with Gasteiger partial charge < -0.3 is 18.9 Å². The SMILES string of the molecule is COc1ccc(/C=N/n2c(-c3cccc(OC(C)C)c3)n[nH]c2=S)c(OC)c1OC. The minimum Gasteiger partial charge on any atom is -0.493 e. The van der Waals surface area contributed by atoms with E-state index in [2.05, 4.69) is 15.3 Å². The number of hydrogen-bond acceptors (Lipinski definition) is 7. The van der Waals surface area contributed by atoms with Crippen LogP contribution in [0.2, 0.25) is 0 Å². The molecule has 30 heavy (non-hydrogen) atoms. The van der Waals surface area contributed by atoms with Crippen LogP contribution in [0.3, 0.4) is 0 Å². The Hall–Kier alpha value is -3.33. The maximum atomic E-state index is 5.78. The van der Waals surface area contributed by atoms with Crippen LogP contribution in [0.15, 0.2) is 41.5 Å². The number of aromatic amines is 1. The Morgan fingerprint density at radius 1 is 1.07 bits per heavy atom. The summed E-state index contributed by atoms with van der Waals surface area (Å²) in [5.41, 5.74) is 1.51. The van der Waals surface area contributed by atoms with E-state index in [0.29, 0.717) is 33.4 Å². The van der Waals surface area contributed by atoms with Crippen molar-refractivity contribution in [3.63, 3.8) is 0 Å². The Labute approximate surface area is 180 Å². The molecule has 158 valence electrons. The molecule has 3 aromatic rings. The summed E-state index contributed by atoms with van der Waals surface area (Å²) >= 11 is 5.36. The number of benzene rings is 2. The maximum Gasteiger partial charge on any atom is 0.216 e. The number of rotatable bonds is 8. The van der Waals surface area contributed by atoms with Gasteiger partial charge in [0.25, 0.3) is 0 Å². The van der Waals surface area contributed by atoms with Crippen molar-refractivity contribution < 1.29 is 18.9 Å². The fraction of sp³-hybridized carbons (Fsp3) is 0.286. The second-order valence-corrected chi connectivity index (χ2v) is 6.91. The maximum absolute atomic E-state index is 5.78. The van der Waals surface area contributed by atoms with E-state index in [9.17, 15) is 0 Å². The zero-order valence-corrected chi connectivity index (χ0v) is 18.3. The van der Waals surface area contributed by atoms with Gasteiger partial charge in [-0.25, -0.2) is 5.10 Å². The molecule has 0 aliphatic carbocycles. The molecule has 0 unspecified atom stereocenters. The van der Waals surface area contributed by atoms with Gasteiger partial charge in [-0.1, -0.05) is 12.1 Å². The second kappa shape index (κ2) is 9.45. The average molecular weight is 429 g/mol. The molecule has 0 saturated heterocycles. The molecule has 0 amide bonds. The smallest absolute Gasteiger partial charge is 0.216 e. The fourth-order valence-electron chi connectivity index (χ4n) is 2.91. The van der Waals surface area contributed by atoms with Crippen LogP contribution < -0.4 is 18.9 Å². The van der Waals surface area contributed by atoms with Crippen molar-refractivity contribution in [1.29, 1.82) is 0 Å². The predicted molar refractivity (Wildman–Crippen MR) is 118 cm³/mol. The summed E-state index contributed by atoms with van der Waals surface area (Å²) in [6, 6.07) is 11.2. The van der Waals surface area contributed by atoms with Gasteiger partial charge in [0.15, 0.2) is 17.3 Å². The third-order valence-corrected chi connectivity index (χ3v) is 4.43. The zero-order chi connectivity index (χ0) is 21.7. The van der Waals surface area contributed by atoms with E-state index in [4.69, 9.17) is 31.2 Å². The second-order valence-electron chi connectivity index (χ2n) is 6.53. The molecule has 0 fully saturated rings. The van der Waals surface area contributed by atoms with Crippen LogP contribution in [-0.2, 0) is 0 Å². The minimum atomic E-state index is 0.0663. The highest BCUT2D eigenvalue weighted by atomic mass is 32.1. The van der Waals surface area contributed by atoms with E-state index in [1.165, 1.54) is 0 Å². The first-order chi connectivity index (χ1) is 14.5. The number of methoxy groups -OCH3 is 3. The van der Waals surface area contributed by atoms with Crippen LogP contribution in [-0.4, -0.2) is 48.5 Å². The summed E-state index contributed by atoms with van der Waals surface area (Å²) in [4.78, 5) is 0. The molecule has 1 heterocycles. The Morgan fingerprint density at radius 2 is 1.83 bits per heavy atom. The molecule has 8 nitrogen and oxygen atoms in total. The topological polar surface area (TPSA) is 82.9 Å². The highest BCUT2D eigenvalue weighted by Gasteiger charge is 2.15. The summed E-state index contributed by atoms with van der Waals surface area (Å²) in [7, 11) is 4.68. The lowest BCUT2D eigenvalue weighted by atomic mass is 10.2. The van der Waals surface area contributed by atoms with Crippen LogP contribution in [0.5, 0.6) is 23.0 Å². The van der Waals surface area contributed by atoms with Crippen LogP contribution in [0, 0.1) is 4.77 Å². The van der Waals surface area contributed by atoms with Crippen LogP contribution in [0.25, 0.3) is 11.4 Å². The summed E-state index contributed by atoms with van der Waals surface area (Å²) < 4.78 is 23.9. The van der Waals surface area contributed by atoms with Crippen LogP contribution >= 0.6 is 12.2 Å². The van der Waals surface area contributed by atoms with Crippen molar-refractivity contribution in [3.8, 4) is 34.4 Å². The normalized spacial score (nSPS) is 11.1. The monoisotopic (exact) mass is 428 g/mol. The number of nitrogens with one attached hydrogen (secondary N) is 1. The largest absolute Gasteiger partial charge is 0.493 e. The van der Waals surface area contributed by atoms with Gasteiger partial charge in [0.05, 0.1) is 33.6 Å². The minimum absolute atomic E-state index is 0.0663. The average Bonchev–Trinajstić information content (AvgIpc) is 3.11. The quantitative estimate of drug-likeness (QED) is 0.425. The fourth-order valence-corrected chi connectivity index (χ4v) is 3.09. The van der Waals surface area contributed by atoms with Gasteiger partial charge in [0.1, 0.15) is 5.75 Å². The molecule has 0 atom stereocenters. The number of ether oxygens (including phenoxy) is 4. The number of hydrogen-bond donors (Lipinski definition) is 1. The first-order valence-electron chi connectivity index (χ1n) is 9.26. The standard InChI is InChI=1S/C21H24N4O4S/c1-13(2)29-16-8-6-7-14(11-16)20-23-24-21(30)25(20)22-12-15-9-10-17(26-3)19(28-5)18(15)27-4/h6-13H,1-5H3,(H,24,30)/b22-12+. The molecule has 0 spiro atoms. The van der Waals surface area contributed by atoms with E-state index in [1.54, 1.807) is 38.3 Å². The number of nitrogens with zero attached hydrogens (tertiary/aromatic N) is 3. The van der Waals surface area contributed by atoms with Gasteiger partial charge in [-0.15, -0.1) is 0 Å². The van der Waals surface area contributed by atoms with Gasteiger partial charge in [-0.05, 0) is 50.3 Å². The molecule has 1 aromatic heterocycles. The van der Waals surface area contributed by atoms with Gasteiger partial charge in [-0.2, -0.15) is 14.9 Å². The number of aromatic nitrogens is 3. The third-order valence-electron chi connectivity index (χ3n) is 4.16. The Morgan fingerprint density at radius 3 is 2.50 bits per heavy atom. The zero-order valence-electron chi connectivity index (χ0n) is 17.5. The first kappa shape index (κ1) is 21.4. The van der Waals surface area contributed by atoms with Crippen LogP contribution in [0.4, 0.5) is 0 Å². The number of H-pyrrole nitrogens is 1. The van der Waals surface area contributed by atoms with Crippen molar-refractivity contribution in [1.82, 2.24) is 14.9 Å². The summed E-state index contributed by atoms with van der Waals surface area (Å²) in [5.74, 6) is 2.86. The van der Waals surface area contributed by atoms with Gasteiger partial charge >= 0.3 is 0 Å². The molecular weight excluding hydrogens is 404 g/mol. The molecule has 0 bridgehead atoms. The van der Waals surface area contributed by atoms with E-state index in [-0.39, 0.29) is 6.10 Å². The predicted octanol–water partition coefficient (Wildman–Crippen LogP) is 4.30. The molecule has 0 radical (unpaired) electrons. The lowest BCUT2D eigenvalue weighted by Gasteiger charge is -2.13. The third kappa shape index (κ3) is 4.46. The molecule has 0 aliphatic rings. The van der Waals surface area contributed by atoms with E-state index in [1.807, 2.05) is 44.2 Å². The van der Waals surface area contributed by atoms with Gasteiger partial charge in [0.2, 0.25) is 10.5 Å². The van der Waals surface area contributed by atoms with E-state index >= 15 is 0 Å². The summed E-state index contributed by atoms with van der Waals surface area (Å²) in [6.45, 7) is 3.95. The highest BCUT2D eigenvalue weighted by molar-refractivity contribution is 7.71. The van der Waals surface area contributed by atoms with Crippen molar-refractivity contribution >= 4 is 18.4 Å². The molecular formula is C21H24N4O4S. The Bertz CT molecular complexity index is 1100. The van der Waals surface area contributed by atoms with E-state index in [0.717, 1.165) is 11.3 Å². The molecule has 9 heteroatoms. The molecule has 1 N–H and O–H groups in total. The van der Waals surface area contributed by atoms with Crippen LogP contribution in [0.1, 0.15) is 19.4 Å². The Kier molecular flexibility index (Phi) is 6.73. The highest BCUT2D eigenvalue weighted by Crippen LogP contribution is 2.39. The van der Waals surface area contributed by atoms with Gasteiger partial charge in [-0.3, -0.25) is 0 Å². The van der Waals surface area contributed by atoms with Gasteiger partial charge in [0, 0.05) is 11.1 Å². The first-order valence-corrected chi connectivity index (χ1v) is 9.67. The lowest BCUT2D eigenvalue weighted by molar-refractivity contribution is 0.242. The molecule has 3 rings (SSSR count). The summed E-state index contributed by atoms with van der Waals surface area (Å²) in [5, 5.41) is 11.6. The molecule has 0 aliphatic heterocycles. The molecule has 0 saturated carbocycles. The lowest BCUT2D eigenvalue weighted by Crippen LogP contribution is -2.05. The Balaban J connectivity index is 2.01. The molecule has 2 aromatic carbocycles. The van der Waals surface area contributed by atoms with Crippen molar-refractivity contribution in [3.05, 3.63) is 46.7 Å².